The number of nitrogens with zero attached hydrogens (tertiary/aromatic N) is 2. The van der Waals surface area contributed by atoms with E-state index in [1.54, 1.807) is 18.3 Å². The zero-order valence-corrected chi connectivity index (χ0v) is 12.0. The number of rotatable bonds is 5. The monoisotopic (exact) mass is 279 g/mol. The van der Waals surface area contributed by atoms with Crippen LogP contribution in [0.3, 0.4) is 0 Å². The zero-order chi connectivity index (χ0) is 14.0. The Bertz CT molecular complexity index is 597. The maximum absolute atomic E-state index is 11.0. The lowest BCUT2D eigenvalue weighted by Crippen LogP contribution is -2.30. The van der Waals surface area contributed by atoms with Crippen LogP contribution in [0, 0.1) is 5.92 Å². The van der Waals surface area contributed by atoms with Crippen molar-refractivity contribution in [3.63, 3.8) is 0 Å². The fourth-order valence-electron chi connectivity index (χ4n) is 1.75. The first kappa shape index (κ1) is 13.7. The van der Waals surface area contributed by atoms with E-state index in [-0.39, 0.29) is 6.04 Å². The van der Waals surface area contributed by atoms with Gasteiger partial charge < -0.3 is 10.4 Å². The Morgan fingerprint density at radius 3 is 2.84 bits per heavy atom. The van der Waals surface area contributed by atoms with Gasteiger partial charge in [0.2, 0.25) is 0 Å². The summed E-state index contributed by atoms with van der Waals surface area (Å²) in [6.07, 6.45) is 2.47. The molecule has 102 valence electrons. The van der Waals surface area contributed by atoms with Gasteiger partial charge in [-0.05, 0) is 26.3 Å². The number of carboxylic acids is 1. The number of anilines is 1. The maximum Gasteiger partial charge on any atom is 0.308 e. The highest BCUT2D eigenvalue weighted by Gasteiger charge is 2.20. The summed E-state index contributed by atoms with van der Waals surface area (Å²) in [4.78, 5) is 21.6. The van der Waals surface area contributed by atoms with Gasteiger partial charge in [-0.15, -0.1) is 11.3 Å². The molecule has 0 spiro atoms. The van der Waals surface area contributed by atoms with Crippen LogP contribution in [0.1, 0.15) is 25.6 Å². The van der Waals surface area contributed by atoms with Crippen LogP contribution >= 0.6 is 11.3 Å². The van der Waals surface area contributed by atoms with E-state index in [1.165, 1.54) is 11.2 Å². The standard InChI is InChI=1S/C13H17N3O2S/c1-4-9-5-10-11(14-6-15-12(10)19-9)16-8(3)7(2)13(17)18/h5-8H,4H2,1-3H3,(H,17,18)(H,14,15,16). The van der Waals surface area contributed by atoms with Crippen molar-refractivity contribution < 1.29 is 9.90 Å². The molecule has 0 bridgehead atoms. The fourth-order valence-corrected chi connectivity index (χ4v) is 2.68. The van der Waals surface area contributed by atoms with Crippen molar-refractivity contribution >= 4 is 33.3 Å². The molecule has 2 atom stereocenters. The second-order valence-electron chi connectivity index (χ2n) is 4.57. The minimum Gasteiger partial charge on any atom is -0.481 e. The first-order chi connectivity index (χ1) is 9.02. The van der Waals surface area contributed by atoms with E-state index in [1.807, 2.05) is 6.92 Å². The molecule has 0 aliphatic heterocycles. The molecule has 0 saturated carbocycles. The highest BCUT2D eigenvalue weighted by atomic mass is 32.1. The lowest BCUT2D eigenvalue weighted by Gasteiger charge is -2.18. The van der Waals surface area contributed by atoms with Crippen LogP contribution in [0.2, 0.25) is 0 Å². The predicted molar refractivity (Wildman–Crippen MR) is 76.7 cm³/mol. The van der Waals surface area contributed by atoms with Crippen LogP contribution in [0.5, 0.6) is 0 Å². The van der Waals surface area contributed by atoms with Gasteiger partial charge in [0.15, 0.2) is 0 Å². The maximum atomic E-state index is 11.0. The number of carboxylic acid groups (broad SMARTS) is 1. The minimum absolute atomic E-state index is 0.194. The summed E-state index contributed by atoms with van der Waals surface area (Å²) in [7, 11) is 0. The molecule has 0 aliphatic carbocycles. The Morgan fingerprint density at radius 1 is 1.47 bits per heavy atom. The van der Waals surface area contributed by atoms with E-state index in [2.05, 4.69) is 28.3 Å². The molecule has 2 rings (SSSR count). The number of aryl methyl sites for hydroxylation is 1. The largest absolute Gasteiger partial charge is 0.481 e. The lowest BCUT2D eigenvalue weighted by atomic mass is 10.0. The number of hydrogen-bond donors (Lipinski definition) is 2. The smallest absolute Gasteiger partial charge is 0.308 e. The highest BCUT2D eigenvalue weighted by Crippen LogP contribution is 2.29. The average molecular weight is 279 g/mol. The second kappa shape index (κ2) is 5.52. The third-order valence-corrected chi connectivity index (χ3v) is 4.42. The Hall–Kier alpha value is -1.69. The summed E-state index contributed by atoms with van der Waals surface area (Å²) >= 11 is 1.65. The quantitative estimate of drug-likeness (QED) is 0.880. The molecule has 0 radical (unpaired) electrons. The van der Waals surface area contributed by atoms with Gasteiger partial charge in [-0.2, -0.15) is 0 Å². The third-order valence-electron chi connectivity index (χ3n) is 3.23. The molecule has 6 heteroatoms. The van der Waals surface area contributed by atoms with Crippen molar-refractivity contribution in [1.82, 2.24) is 9.97 Å². The molecule has 2 aromatic heterocycles. The summed E-state index contributed by atoms with van der Waals surface area (Å²) in [6, 6.07) is 1.88. The number of nitrogens with one attached hydrogen (secondary N) is 1. The van der Waals surface area contributed by atoms with Crippen LogP contribution in [0.15, 0.2) is 12.4 Å². The van der Waals surface area contributed by atoms with Gasteiger partial charge in [0.25, 0.3) is 0 Å². The molecule has 2 N–H and O–H groups in total. The summed E-state index contributed by atoms with van der Waals surface area (Å²) < 4.78 is 0. The van der Waals surface area contributed by atoms with Crippen LogP contribution in [0.25, 0.3) is 10.2 Å². The molecule has 19 heavy (non-hydrogen) atoms. The van der Waals surface area contributed by atoms with Gasteiger partial charge in [0.05, 0.1) is 11.3 Å². The summed E-state index contributed by atoms with van der Waals surface area (Å²) in [6.45, 7) is 5.63. The second-order valence-corrected chi connectivity index (χ2v) is 5.68. The number of fused-ring (bicyclic) bond motifs is 1. The van der Waals surface area contributed by atoms with Crippen molar-refractivity contribution in [2.45, 2.75) is 33.2 Å². The minimum atomic E-state index is -0.815. The topological polar surface area (TPSA) is 75.1 Å². The van der Waals surface area contributed by atoms with Crippen molar-refractivity contribution in [1.29, 1.82) is 0 Å². The third kappa shape index (κ3) is 2.84. The Morgan fingerprint density at radius 2 is 2.21 bits per heavy atom. The molecule has 2 heterocycles. The van der Waals surface area contributed by atoms with Crippen molar-refractivity contribution in [3.05, 3.63) is 17.3 Å². The molecule has 0 aliphatic rings. The SMILES string of the molecule is CCc1cc2c(NC(C)C(C)C(=O)O)ncnc2s1. The number of aliphatic carboxylic acids is 1. The van der Waals surface area contributed by atoms with Gasteiger partial charge >= 0.3 is 5.97 Å². The number of carbonyl (C=O) groups is 1. The molecule has 0 fully saturated rings. The van der Waals surface area contributed by atoms with E-state index in [9.17, 15) is 4.79 Å². The molecular weight excluding hydrogens is 262 g/mol. The fraction of sp³-hybridized carbons (Fsp3) is 0.462. The van der Waals surface area contributed by atoms with Crippen LogP contribution in [-0.2, 0) is 11.2 Å². The molecule has 0 amide bonds. The van der Waals surface area contributed by atoms with Crippen molar-refractivity contribution in [2.24, 2.45) is 5.92 Å². The van der Waals surface area contributed by atoms with E-state index in [0.29, 0.717) is 5.82 Å². The van der Waals surface area contributed by atoms with Crippen molar-refractivity contribution in [3.8, 4) is 0 Å². The summed E-state index contributed by atoms with van der Waals surface area (Å²) in [5, 5.41) is 13.2. The molecule has 0 aromatic carbocycles. The molecular formula is C13H17N3O2S. The van der Waals surface area contributed by atoms with Gasteiger partial charge in [0.1, 0.15) is 17.0 Å². The van der Waals surface area contributed by atoms with Gasteiger partial charge in [0, 0.05) is 10.9 Å². The molecule has 2 unspecified atom stereocenters. The summed E-state index contributed by atoms with van der Waals surface area (Å²) in [5.74, 6) is -0.583. The van der Waals surface area contributed by atoms with Crippen LogP contribution in [-0.4, -0.2) is 27.1 Å². The lowest BCUT2D eigenvalue weighted by molar-refractivity contribution is -0.141. The number of hydrogen-bond acceptors (Lipinski definition) is 5. The first-order valence-electron chi connectivity index (χ1n) is 6.25. The Kier molecular flexibility index (Phi) is 3.99. The molecule has 2 aromatic rings. The van der Waals surface area contributed by atoms with Gasteiger partial charge in [-0.25, -0.2) is 9.97 Å². The molecule has 5 nitrogen and oxygen atoms in total. The number of aromatic nitrogens is 2. The van der Waals surface area contributed by atoms with Gasteiger partial charge in [-0.3, -0.25) is 4.79 Å². The summed E-state index contributed by atoms with van der Waals surface area (Å²) in [5.41, 5.74) is 0. The normalized spacial score (nSPS) is 14.3. The van der Waals surface area contributed by atoms with E-state index in [4.69, 9.17) is 5.11 Å². The predicted octanol–water partition coefficient (Wildman–Crippen LogP) is 2.77. The van der Waals surface area contributed by atoms with E-state index >= 15 is 0 Å². The first-order valence-corrected chi connectivity index (χ1v) is 7.07. The zero-order valence-electron chi connectivity index (χ0n) is 11.2. The molecule has 0 saturated heterocycles. The Labute approximate surface area is 115 Å². The Balaban J connectivity index is 2.29. The van der Waals surface area contributed by atoms with E-state index < -0.39 is 11.9 Å². The van der Waals surface area contributed by atoms with Crippen molar-refractivity contribution in [2.75, 3.05) is 5.32 Å². The average Bonchev–Trinajstić information content (AvgIpc) is 2.81. The van der Waals surface area contributed by atoms with Crippen LogP contribution < -0.4 is 5.32 Å². The van der Waals surface area contributed by atoms with Crippen LogP contribution in [0.4, 0.5) is 5.82 Å². The number of thiophene rings is 1. The highest BCUT2D eigenvalue weighted by molar-refractivity contribution is 7.18. The van der Waals surface area contributed by atoms with E-state index in [0.717, 1.165) is 16.6 Å². The van der Waals surface area contributed by atoms with Gasteiger partial charge in [-0.1, -0.05) is 6.92 Å².